The Morgan fingerprint density at radius 3 is 3.12 bits per heavy atom. The predicted octanol–water partition coefficient (Wildman–Crippen LogP) is 2.62. The first kappa shape index (κ1) is 12.4. The van der Waals surface area contributed by atoms with Crippen LogP contribution < -0.4 is 5.32 Å². The molecular formula is C13H16FNOS. The summed E-state index contributed by atoms with van der Waals surface area (Å²) in [5.74, 6) is 2.05. The van der Waals surface area contributed by atoms with Crippen molar-refractivity contribution in [3.05, 3.63) is 35.1 Å². The van der Waals surface area contributed by atoms with Crippen LogP contribution in [-0.4, -0.2) is 24.0 Å². The zero-order valence-corrected chi connectivity index (χ0v) is 10.6. The first-order chi connectivity index (χ1) is 8.16. The summed E-state index contributed by atoms with van der Waals surface area (Å²) in [6.07, 6.45) is 1.14. The van der Waals surface area contributed by atoms with Crippen LogP contribution in [-0.2, 0) is 0 Å². The largest absolute Gasteiger partial charge is 0.352 e. The Kier molecular flexibility index (Phi) is 4.05. The van der Waals surface area contributed by atoms with Crippen molar-refractivity contribution in [2.45, 2.75) is 13.3 Å². The molecule has 1 atom stereocenters. The van der Waals surface area contributed by atoms with Crippen LogP contribution in [0, 0.1) is 18.7 Å². The summed E-state index contributed by atoms with van der Waals surface area (Å²) >= 11 is 1.91. The number of halogens is 1. The molecule has 1 aromatic rings. The number of hydrogen-bond donors (Lipinski definition) is 1. The normalized spacial score (nSPS) is 19.3. The number of carbonyl (C=O) groups excluding carboxylic acids is 1. The molecule has 2 nitrogen and oxygen atoms in total. The smallest absolute Gasteiger partial charge is 0.254 e. The highest BCUT2D eigenvalue weighted by Gasteiger charge is 2.17. The summed E-state index contributed by atoms with van der Waals surface area (Å²) in [5.41, 5.74) is 1.05. The summed E-state index contributed by atoms with van der Waals surface area (Å²) in [6.45, 7) is 2.50. The lowest BCUT2D eigenvalue weighted by atomic mass is 10.1. The highest BCUT2D eigenvalue weighted by molar-refractivity contribution is 7.99. The zero-order valence-electron chi connectivity index (χ0n) is 9.83. The number of carbonyl (C=O) groups is 1. The van der Waals surface area contributed by atoms with E-state index >= 15 is 0 Å². The van der Waals surface area contributed by atoms with Crippen LogP contribution in [0.2, 0.25) is 0 Å². The lowest BCUT2D eigenvalue weighted by Crippen LogP contribution is -2.30. The van der Waals surface area contributed by atoms with Crippen molar-refractivity contribution in [1.82, 2.24) is 5.32 Å². The highest BCUT2D eigenvalue weighted by Crippen LogP contribution is 2.22. The van der Waals surface area contributed by atoms with Crippen molar-refractivity contribution in [1.29, 1.82) is 0 Å². The Morgan fingerprint density at radius 2 is 2.41 bits per heavy atom. The van der Waals surface area contributed by atoms with Crippen molar-refractivity contribution < 1.29 is 9.18 Å². The van der Waals surface area contributed by atoms with Gasteiger partial charge in [-0.2, -0.15) is 11.8 Å². The van der Waals surface area contributed by atoms with Gasteiger partial charge >= 0.3 is 0 Å². The molecule has 1 aromatic carbocycles. The minimum Gasteiger partial charge on any atom is -0.352 e. The van der Waals surface area contributed by atoms with Crippen LogP contribution >= 0.6 is 11.8 Å². The van der Waals surface area contributed by atoms with Gasteiger partial charge in [0.25, 0.3) is 5.91 Å². The van der Waals surface area contributed by atoms with Crippen molar-refractivity contribution >= 4 is 17.7 Å². The van der Waals surface area contributed by atoms with E-state index < -0.39 is 5.82 Å². The predicted molar refractivity (Wildman–Crippen MR) is 68.9 cm³/mol. The van der Waals surface area contributed by atoms with Gasteiger partial charge in [-0.15, -0.1) is 0 Å². The number of nitrogens with one attached hydrogen (secondary N) is 1. The maximum Gasteiger partial charge on any atom is 0.254 e. The van der Waals surface area contributed by atoms with E-state index in [0.29, 0.717) is 12.5 Å². The number of amides is 1. The summed E-state index contributed by atoms with van der Waals surface area (Å²) in [6, 6.07) is 4.60. The van der Waals surface area contributed by atoms with Gasteiger partial charge in [0.05, 0.1) is 5.56 Å². The van der Waals surface area contributed by atoms with Gasteiger partial charge in [-0.05, 0) is 42.9 Å². The van der Waals surface area contributed by atoms with E-state index in [0.717, 1.165) is 17.7 Å². The van der Waals surface area contributed by atoms with E-state index in [2.05, 4.69) is 5.32 Å². The molecular weight excluding hydrogens is 237 g/mol. The third kappa shape index (κ3) is 3.22. The number of hydrogen-bond acceptors (Lipinski definition) is 2. The lowest BCUT2D eigenvalue weighted by molar-refractivity contribution is 0.0944. The number of aryl methyl sites for hydroxylation is 1. The standard InChI is InChI=1S/C13H16FNOS/c1-9-2-3-12(14)11(6-9)13(16)15-7-10-4-5-17-8-10/h2-3,6,10H,4-5,7-8H2,1H3,(H,15,16). The van der Waals surface area contributed by atoms with Gasteiger partial charge in [-0.1, -0.05) is 11.6 Å². The van der Waals surface area contributed by atoms with E-state index in [1.165, 1.54) is 11.8 Å². The van der Waals surface area contributed by atoms with Gasteiger partial charge in [0.2, 0.25) is 0 Å². The van der Waals surface area contributed by atoms with E-state index in [4.69, 9.17) is 0 Å². The van der Waals surface area contributed by atoms with E-state index in [1.54, 1.807) is 12.1 Å². The molecule has 0 aromatic heterocycles. The monoisotopic (exact) mass is 253 g/mol. The summed E-state index contributed by atoms with van der Waals surface area (Å²) in [5, 5.41) is 2.82. The van der Waals surface area contributed by atoms with Crippen LogP contribution in [0.3, 0.4) is 0 Å². The Bertz CT molecular complexity index is 416. The highest BCUT2D eigenvalue weighted by atomic mass is 32.2. The SMILES string of the molecule is Cc1ccc(F)c(C(=O)NCC2CCSC2)c1. The Balaban J connectivity index is 1.96. The van der Waals surface area contributed by atoms with Crippen LogP contribution in [0.4, 0.5) is 4.39 Å². The third-order valence-electron chi connectivity index (χ3n) is 2.94. The van der Waals surface area contributed by atoms with E-state index in [9.17, 15) is 9.18 Å². The minimum absolute atomic E-state index is 0.149. The summed E-state index contributed by atoms with van der Waals surface area (Å²) in [4.78, 5) is 11.8. The second-order valence-electron chi connectivity index (χ2n) is 4.42. The fourth-order valence-electron chi connectivity index (χ4n) is 1.89. The molecule has 0 radical (unpaired) electrons. The maximum absolute atomic E-state index is 13.5. The van der Waals surface area contributed by atoms with E-state index in [-0.39, 0.29) is 11.5 Å². The molecule has 0 spiro atoms. The Labute approximate surface area is 105 Å². The minimum atomic E-state index is -0.450. The summed E-state index contributed by atoms with van der Waals surface area (Å²) < 4.78 is 13.5. The van der Waals surface area contributed by atoms with Crippen molar-refractivity contribution in [2.24, 2.45) is 5.92 Å². The van der Waals surface area contributed by atoms with Crippen molar-refractivity contribution in [3.63, 3.8) is 0 Å². The third-order valence-corrected chi connectivity index (χ3v) is 4.17. The first-order valence-electron chi connectivity index (χ1n) is 5.79. The van der Waals surface area contributed by atoms with Gasteiger partial charge in [-0.25, -0.2) is 4.39 Å². The Hall–Kier alpha value is -1.03. The molecule has 1 saturated heterocycles. The Morgan fingerprint density at radius 1 is 1.59 bits per heavy atom. The summed E-state index contributed by atoms with van der Waals surface area (Å²) in [7, 11) is 0. The van der Waals surface area contributed by atoms with Crippen molar-refractivity contribution in [3.8, 4) is 0 Å². The molecule has 0 bridgehead atoms. The average molecular weight is 253 g/mol. The fourth-order valence-corrected chi connectivity index (χ4v) is 3.17. The zero-order chi connectivity index (χ0) is 12.3. The average Bonchev–Trinajstić information content (AvgIpc) is 2.82. The topological polar surface area (TPSA) is 29.1 Å². The molecule has 1 aliphatic rings. The molecule has 17 heavy (non-hydrogen) atoms. The molecule has 1 N–H and O–H groups in total. The van der Waals surface area contributed by atoms with Crippen molar-refractivity contribution in [2.75, 3.05) is 18.1 Å². The second kappa shape index (κ2) is 5.54. The quantitative estimate of drug-likeness (QED) is 0.897. The maximum atomic E-state index is 13.5. The molecule has 1 fully saturated rings. The van der Waals surface area contributed by atoms with Gasteiger partial charge in [0.1, 0.15) is 5.82 Å². The number of thioether (sulfide) groups is 1. The second-order valence-corrected chi connectivity index (χ2v) is 5.57. The van der Waals surface area contributed by atoms with E-state index in [1.807, 2.05) is 18.7 Å². The van der Waals surface area contributed by atoms with Crippen LogP contribution in [0.25, 0.3) is 0 Å². The first-order valence-corrected chi connectivity index (χ1v) is 6.94. The molecule has 4 heteroatoms. The molecule has 2 rings (SSSR count). The lowest BCUT2D eigenvalue weighted by Gasteiger charge is -2.10. The van der Waals surface area contributed by atoms with Gasteiger partial charge < -0.3 is 5.32 Å². The molecule has 1 heterocycles. The van der Waals surface area contributed by atoms with Gasteiger partial charge in [0.15, 0.2) is 0 Å². The molecule has 1 amide bonds. The molecule has 92 valence electrons. The number of benzene rings is 1. The van der Waals surface area contributed by atoms with Gasteiger partial charge in [0, 0.05) is 6.54 Å². The van der Waals surface area contributed by atoms with Gasteiger partial charge in [-0.3, -0.25) is 4.79 Å². The molecule has 1 aliphatic heterocycles. The van der Waals surface area contributed by atoms with Crippen LogP contribution in [0.1, 0.15) is 22.3 Å². The fraction of sp³-hybridized carbons (Fsp3) is 0.462. The molecule has 0 aliphatic carbocycles. The molecule has 0 saturated carbocycles. The van der Waals surface area contributed by atoms with Crippen LogP contribution in [0.15, 0.2) is 18.2 Å². The molecule has 1 unspecified atom stereocenters. The number of rotatable bonds is 3. The van der Waals surface area contributed by atoms with Crippen LogP contribution in [0.5, 0.6) is 0 Å².